The quantitative estimate of drug-likeness (QED) is 0.213. The van der Waals surface area contributed by atoms with Crippen molar-refractivity contribution in [1.29, 1.82) is 5.26 Å². The average Bonchev–Trinajstić information content (AvgIpc) is 2.83. The Morgan fingerprint density at radius 1 is 1.06 bits per heavy atom. The fourth-order valence-electron chi connectivity index (χ4n) is 2.66. The maximum Gasteiger partial charge on any atom is 0.343 e. The van der Waals surface area contributed by atoms with Gasteiger partial charge in [-0.2, -0.15) is 10.4 Å². The van der Waals surface area contributed by atoms with Gasteiger partial charge in [-0.15, -0.1) is 0 Å². The largest absolute Gasteiger partial charge is 0.493 e. The van der Waals surface area contributed by atoms with Crippen molar-refractivity contribution < 1.29 is 23.8 Å². The van der Waals surface area contributed by atoms with Gasteiger partial charge < -0.3 is 14.2 Å². The number of rotatable bonds is 8. The Balaban J connectivity index is 1.58. The lowest BCUT2D eigenvalue weighted by molar-refractivity contribution is -0.123. The monoisotopic (exact) mass is 507 g/mol. The van der Waals surface area contributed by atoms with Crippen molar-refractivity contribution in [3.63, 3.8) is 0 Å². The summed E-state index contributed by atoms with van der Waals surface area (Å²) in [6.07, 6.45) is 1.41. The standard InChI is InChI=1S/C24H18BrN3O5/c1-31-22-11-16(9-10-21(22)33-24(30)17-6-4-7-19(25)12-17)14-27-28-23(29)15-32-20-8-3-2-5-18(20)13-26/h2-12,14H,15H2,1H3,(H,28,29)/b27-14+. The first-order chi connectivity index (χ1) is 16.0. The maximum absolute atomic E-state index is 12.4. The van der Waals surface area contributed by atoms with Gasteiger partial charge in [0.2, 0.25) is 0 Å². The molecule has 0 atom stereocenters. The molecular formula is C24H18BrN3O5. The minimum atomic E-state index is -0.527. The Hall–Kier alpha value is -4.16. The van der Waals surface area contributed by atoms with Crippen LogP contribution in [0.5, 0.6) is 17.2 Å². The number of nitrogens with zero attached hydrogens (tertiary/aromatic N) is 2. The van der Waals surface area contributed by atoms with E-state index in [1.807, 2.05) is 12.1 Å². The van der Waals surface area contributed by atoms with Crippen LogP contribution in [0.15, 0.2) is 76.3 Å². The van der Waals surface area contributed by atoms with Crippen molar-refractivity contribution in [3.8, 4) is 23.3 Å². The lowest BCUT2D eigenvalue weighted by Gasteiger charge is -2.10. The average molecular weight is 508 g/mol. The molecule has 0 spiro atoms. The van der Waals surface area contributed by atoms with Gasteiger partial charge in [-0.05, 0) is 54.1 Å². The van der Waals surface area contributed by atoms with Crippen LogP contribution in [0.2, 0.25) is 0 Å². The smallest absolute Gasteiger partial charge is 0.343 e. The van der Waals surface area contributed by atoms with Crippen LogP contribution >= 0.6 is 15.9 Å². The molecule has 1 amide bonds. The number of carbonyl (C=O) groups is 2. The van der Waals surface area contributed by atoms with Gasteiger partial charge >= 0.3 is 5.97 Å². The van der Waals surface area contributed by atoms with E-state index >= 15 is 0 Å². The van der Waals surface area contributed by atoms with Crippen LogP contribution in [0.25, 0.3) is 0 Å². The summed E-state index contributed by atoms with van der Waals surface area (Å²) < 4.78 is 16.8. The van der Waals surface area contributed by atoms with Gasteiger partial charge in [0, 0.05) is 4.47 Å². The van der Waals surface area contributed by atoms with Crippen molar-refractivity contribution in [2.75, 3.05) is 13.7 Å². The number of hydrogen-bond acceptors (Lipinski definition) is 7. The van der Waals surface area contributed by atoms with E-state index in [1.54, 1.807) is 60.7 Å². The lowest BCUT2D eigenvalue weighted by Crippen LogP contribution is -2.24. The zero-order valence-electron chi connectivity index (χ0n) is 17.4. The Bertz CT molecular complexity index is 1240. The van der Waals surface area contributed by atoms with Gasteiger partial charge in [-0.1, -0.05) is 34.1 Å². The molecule has 0 saturated heterocycles. The summed E-state index contributed by atoms with van der Waals surface area (Å²) in [6, 6.07) is 20.3. The SMILES string of the molecule is COc1cc(/C=N/NC(=O)COc2ccccc2C#N)ccc1OC(=O)c1cccc(Br)c1. The van der Waals surface area contributed by atoms with Crippen LogP contribution in [0, 0.1) is 11.3 Å². The number of carbonyl (C=O) groups excluding carboxylic acids is 2. The van der Waals surface area contributed by atoms with Gasteiger partial charge in [0.1, 0.15) is 11.8 Å². The number of hydrogen-bond donors (Lipinski definition) is 1. The van der Waals surface area contributed by atoms with E-state index in [4.69, 9.17) is 19.5 Å². The molecule has 0 heterocycles. The first-order valence-electron chi connectivity index (χ1n) is 9.60. The first-order valence-corrected chi connectivity index (χ1v) is 10.4. The van der Waals surface area contributed by atoms with Crippen molar-refractivity contribution in [1.82, 2.24) is 5.43 Å². The zero-order chi connectivity index (χ0) is 23.6. The number of hydrazone groups is 1. The minimum Gasteiger partial charge on any atom is -0.493 e. The van der Waals surface area contributed by atoms with Crippen LogP contribution in [0.3, 0.4) is 0 Å². The normalized spacial score (nSPS) is 10.3. The summed E-state index contributed by atoms with van der Waals surface area (Å²) in [5, 5.41) is 12.9. The van der Waals surface area contributed by atoms with Crippen LogP contribution < -0.4 is 19.6 Å². The fraction of sp³-hybridized carbons (Fsp3) is 0.0833. The van der Waals surface area contributed by atoms with Crippen LogP contribution in [0.4, 0.5) is 0 Å². The van der Waals surface area contributed by atoms with Gasteiger partial charge in [-0.3, -0.25) is 4.79 Å². The highest BCUT2D eigenvalue weighted by Crippen LogP contribution is 2.28. The zero-order valence-corrected chi connectivity index (χ0v) is 19.0. The first kappa shape index (κ1) is 23.5. The lowest BCUT2D eigenvalue weighted by atomic mass is 10.2. The molecule has 9 heteroatoms. The second-order valence-corrected chi connectivity index (χ2v) is 7.42. The Morgan fingerprint density at radius 2 is 1.88 bits per heavy atom. The van der Waals surface area contributed by atoms with E-state index in [0.717, 1.165) is 4.47 Å². The summed E-state index contributed by atoms with van der Waals surface area (Å²) in [7, 11) is 1.45. The summed E-state index contributed by atoms with van der Waals surface area (Å²) >= 11 is 3.32. The van der Waals surface area contributed by atoms with Crippen LogP contribution in [-0.4, -0.2) is 31.8 Å². The topological polar surface area (TPSA) is 110 Å². The third-order valence-corrected chi connectivity index (χ3v) is 4.71. The summed E-state index contributed by atoms with van der Waals surface area (Å²) in [6.45, 7) is -0.302. The second-order valence-electron chi connectivity index (χ2n) is 6.50. The minimum absolute atomic E-state index is 0.244. The molecule has 0 radical (unpaired) electrons. The number of para-hydroxylation sites is 1. The maximum atomic E-state index is 12.4. The molecule has 33 heavy (non-hydrogen) atoms. The van der Waals surface area contributed by atoms with Gasteiger partial charge in [0.05, 0.1) is 24.5 Å². The Morgan fingerprint density at radius 3 is 2.64 bits per heavy atom. The van der Waals surface area contributed by atoms with E-state index in [-0.39, 0.29) is 12.4 Å². The van der Waals surface area contributed by atoms with Crippen molar-refractivity contribution >= 4 is 34.0 Å². The van der Waals surface area contributed by atoms with Crippen LogP contribution in [0.1, 0.15) is 21.5 Å². The number of nitriles is 1. The van der Waals surface area contributed by atoms with E-state index in [1.165, 1.54) is 13.3 Å². The molecule has 166 valence electrons. The molecule has 0 unspecified atom stereocenters. The van der Waals surface area contributed by atoms with Gasteiger partial charge in [-0.25, -0.2) is 10.2 Å². The number of ether oxygens (including phenoxy) is 3. The predicted molar refractivity (Wildman–Crippen MR) is 124 cm³/mol. The highest BCUT2D eigenvalue weighted by molar-refractivity contribution is 9.10. The van der Waals surface area contributed by atoms with E-state index in [0.29, 0.717) is 28.2 Å². The molecule has 3 rings (SSSR count). The molecule has 0 saturated carbocycles. The molecular weight excluding hydrogens is 490 g/mol. The predicted octanol–water partition coefficient (Wildman–Crippen LogP) is 4.08. The molecule has 0 fully saturated rings. The van der Waals surface area contributed by atoms with Crippen molar-refractivity contribution in [3.05, 3.63) is 87.9 Å². The van der Waals surface area contributed by atoms with E-state index in [9.17, 15) is 9.59 Å². The third-order valence-electron chi connectivity index (χ3n) is 4.22. The Labute approximate surface area is 198 Å². The molecule has 0 aliphatic rings. The highest BCUT2D eigenvalue weighted by Gasteiger charge is 2.13. The summed E-state index contributed by atoms with van der Waals surface area (Å²) in [5.74, 6) is -0.137. The molecule has 0 aromatic heterocycles. The number of halogens is 1. The molecule has 1 N–H and O–H groups in total. The Kier molecular flexibility index (Phi) is 8.16. The van der Waals surface area contributed by atoms with E-state index < -0.39 is 11.9 Å². The van der Waals surface area contributed by atoms with E-state index in [2.05, 4.69) is 26.5 Å². The number of methoxy groups -OCH3 is 1. The van der Waals surface area contributed by atoms with Gasteiger partial charge in [0.15, 0.2) is 18.1 Å². The van der Waals surface area contributed by atoms with Gasteiger partial charge in [0.25, 0.3) is 5.91 Å². The molecule has 0 bridgehead atoms. The molecule has 3 aromatic carbocycles. The summed E-state index contributed by atoms with van der Waals surface area (Å²) in [4.78, 5) is 24.3. The van der Waals surface area contributed by atoms with Crippen molar-refractivity contribution in [2.24, 2.45) is 5.10 Å². The summed E-state index contributed by atoms with van der Waals surface area (Å²) in [5.41, 5.74) is 3.67. The second kappa shape index (κ2) is 11.5. The highest BCUT2D eigenvalue weighted by atomic mass is 79.9. The molecule has 8 nitrogen and oxygen atoms in total. The molecule has 0 aliphatic carbocycles. The molecule has 0 aliphatic heterocycles. The third kappa shape index (κ3) is 6.66. The molecule has 3 aromatic rings. The number of esters is 1. The number of benzene rings is 3. The number of nitrogens with one attached hydrogen (secondary N) is 1. The fourth-order valence-corrected chi connectivity index (χ4v) is 3.06. The van der Waals surface area contributed by atoms with Crippen LogP contribution in [-0.2, 0) is 4.79 Å². The van der Waals surface area contributed by atoms with Crippen molar-refractivity contribution in [2.45, 2.75) is 0 Å². The number of amides is 1.